The second-order valence-corrected chi connectivity index (χ2v) is 16.9. The molecule has 2 heterocycles. The fourth-order valence-electron chi connectivity index (χ4n) is 10.7. The van der Waals surface area contributed by atoms with Gasteiger partial charge in [-0.2, -0.15) is 0 Å². The summed E-state index contributed by atoms with van der Waals surface area (Å²) in [5, 5.41) is 12.7. The zero-order chi connectivity index (χ0) is 40.5. The van der Waals surface area contributed by atoms with Gasteiger partial charge < -0.3 is 9.13 Å². The molecule has 1 aliphatic rings. The lowest BCUT2D eigenvalue weighted by molar-refractivity contribution is 1.18. The van der Waals surface area contributed by atoms with Gasteiger partial charge in [0.25, 0.3) is 0 Å². The molecule has 13 aromatic rings. The topological polar surface area (TPSA) is 9.86 Å². The van der Waals surface area contributed by atoms with Crippen molar-refractivity contribution >= 4 is 75.9 Å². The number of benzene rings is 11. The minimum Gasteiger partial charge on any atom is -0.309 e. The standard InChI is InChI=1S/C60H36N2/c1-2-16-46(17-3-1)61-56-27-23-42(32-51(56)53-30-38-11-4-6-13-40(38)35-58(53)61)43-24-28-57-52(33-43)54-31-39-12-5-7-14-41(39)36-59(54)62(57)47-25-21-37(22-26-47)45-29-44-15-10-20-50-48-18-8-9-19-49(48)55(34-45)60(44)50/h1-36H. The number of rotatable bonds is 4. The Bertz CT molecular complexity index is 4010. The predicted octanol–water partition coefficient (Wildman–Crippen LogP) is 16.3. The van der Waals surface area contributed by atoms with E-state index in [4.69, 9.17) is 0 Å². The largest absolute Gasteiger partial charge is 0.309 e. The van der Waals surface area contributed by atoms with Crippen LogP contribution in [0.15, 0.2) is 218 Å². The van der Waals surface area contributed by atoms with Crippen LogP contribution in [0.25, 0.3) is 132 Å². The van der Waals surface area contributed by atoms with E-state index in [0.717, 1.165) is 5.69 Å². The average Bonchev–Trinajstić information content (AvgIpc) is 3.95. The minimum atomic E-state index is 1.15. The Morgan fingerprint density at radius 3 is 1.27 bits per heavy atom. The van der Waals surface area contributed by atoms with E-state index in [2.05, 4.69) is 228 Å². The first-order valence-corrected chi connectivity index (χ1v) is 21.5. The Morgan fingerprint density at radius 2 is 0.677 bits per heavy atom. The Hall–Kier alpha value is -8.20. The number of fused-ring (bicyclic) bond motifs is 11. The maximum absolute atomic E-state index is 2.45. The fourth-order valence-corrected chi connectivity index (χ4v) is 10.7. The van der Waals surface area contributed by atoms with Gasteiger partial charge in [-0.1, -0.05) is 133 Å². The van der Waals surface area contributed by atoms with Gasteiger partial charge in [-0.15, -0.1) is 0 Å². The van der Waals surface area contributed by atoms with E-state index in [-0.39, 0.29) is 0 Å². The number of hydrogen-bond acceptors (Lipinski definition) is 0. The summed E-state index contributed by atoms with van der Waals surface area (Å²) < 4.78 is 4.87. The molecule has 0 spiro atoms. The van der Waals surface area contributed by atoms with E-state index in [1.165, 1.54) is 126 Å². The van der Waals surface area contributed by atoms with Gasteiger partial charge in [-0.3, -0.25) is 0 Å². The van der Waals surface area contributed by atoms with E-state index < -0.39 is 0 Å². The summed E-state index contributed by atoms with van der Waals surface area (Å²) >= 11 is 0. The maximum Gasteiger partial charge on any atom is 0.0547 e. The second-order valence-electron chi connectivity index (χ2n) is 16.9. The first-order valence-electron chi connectivity index (χ1n) is 21.5. The summed E-state index contributed by atoms with van der Waals surface area (Å²) in [7, 11) is 0. The maximum atomic E-state index is 2.45. The molecular weight excluding hydrogens is 749 g/mol. The number of para-hydroxylation sites is 1. The van der Waals surface area contributed by atoms with E-state index >= 15 is 0 Å². The molecular formula is C60H36N2. The van der Waals surface area contributed by atoms with Crippen molar-refractivity contribution < 1.29 is 0 Å². The first kappa shape index (κ1) is 33.6. The van der Waals surface area contributed by atoms with Gasteiger partial charge in [-0.05, 0) is 162 Å². The van der Waals surface area contributed by atoms with Gasteiger partial charge >= 0.3 is 0 Å². The Balaban J connectivity index is 0.932. The van der Waals surface area contributed by atoms with E-state index in [9.17, 15) is 0 Å². The monoisotopic (exact) mass is 784 g/mol. The van der Waals surface area contributed by atoms with Crippen LogP contribution in [0.1, 0.15) is 0 Å². The first-order chi connectivity index (χ1) is 30.7. The zero-order valence-electron chi connectivity index (χ0n) is 33.7. The fraction of sp³-hybridized carbons (Fsp3) is 0. The summed E-state index contributed by atoms with van der Waals surface area (Å²) in [6.45, 7) is 0. The molecule has 0 aliphatic heterocycles. The van der Waals surface area contributed by atoms with Gasteiger partial charge in [-0.25, -0.2) is 0 Å². The molecule has 14 rings (SSSR count). The van der Waals surface area contributed by atoms with Crippen LogP contribution in [0.3, 0.4) is 0 Å². The summed E-state index contributed by atoms with van der Waals surface area (Å²) in [5.41, 5.74) is 17.3. The van der Waals surface area contributed by atoms with Crippen LogP contribution in [-0.4, -0.2) is 9.13 Å². The van der Waals surface area contributed by atoms with E-state index in [1.54, 1.807) is 0 Å². The summed E-state index contributed by atoms with van der Waals surface area (Å²) in [4.78, 5) is 0. The van der Waals surface area contributed by atoms with Gasteiger partial charge in [0.05, 0.1) is 22.1 Å². The predicted molar refractivity (Wildman–Crippen MR) is 263 cm³/mol. The summed E-state index contributed by atoms with van der Waals surface area (Å²) in [6, 6.07) is 81.2. The number of aromatic nitrogens is 2. The molecule has 0 bridgehead atoms. The molecule has 0 atom stereocenters. The molecule has 0 fully saturated rings. The lowest BCUT2D eigenvalue weighted by Crippen LogP contribution is -1.94. The van der Waals surface area contributed by atoms with Crippen molar-refractivity contribution in [2.24, 2.45) is 0 Å². The van der Waals surface area contributed by atoms with Gasteiger partial charge in [0.2, 0.25) is 0 Å². The molecule has 0 amide bonds. The molecule has 2 heteroatoms. The quantitative estimate of drug-likeness (QED) is 0.168. The molecule has 0 saturated heterocycles. The van der Waals surface area contributed by atoms with Crippen molar-refractivity contribution in [2.75, 3.05) is 0 Å². The molecule has 0 saturated carbocycles. The highest BCUT2D eigenvalue weighted by molar-refractivity contribution is 6.18. The van der Waals surface area contributed by atoms with Crippen LogP contribution in [0.2, 0.25) is 0 Å². The van der Waals surface area contributed by atoms with Crippen LogP contribution in [0.5, 0.6) is 0 Å². The Morgan fingerprint density at radius 1 is 0.226 bits per heavy atom. The van der Waals surface area contributed by atoms with Crippen molar-refractivity contribution in [1.29, 1.82) is 0 Å². The zero-order valence-corrected chi connectivity index (χ0v) is 33.7. The minimum absolute atomic E-state index is 1.15. The van der Waals surface area contributed by atoms with E-state index in [1.807, 2.05) is 0 Å². The lowest BCUT2D eigenvalue weighted by atomic mass is 9.96. The summed E-state index contributed by atoms with van der Waals surface area (Å²) in [5.74, 6) is 0. The highest BCUT2D eigenvalue weighted by atomic mass is 15.0. The van der Waals surface area contributed by atoms with Gasteiger partial charge in [0, 0.05) is 32.9 Å². The van der Waals surface area contributed by atoms with Crippen molar-refractivity contribution in [3.63, 3.8) is 0 Å². The molecule has 0 unspecified atom stereocenters. The Kier molecular flexibility index (Phi) is 6.86. The van der Waals surface area contributed by atoms with Crippen molar-refractivity contribution in [3.05, 3.63) is 218 Å². The summed E-state index contributed by atoms with van der Waals surface area (Å²) in [6.07, 6.45) is 0. The molecule has 2 aromatic heterocycles. The third kappa shape index (κ3) is 4.80. The van der Waals surface area contributed by atoms with Crippen LogP contribution in [0.4, 0.5) is 0 Å². The highest BCUT2D eigenvalue weighted by Gasteiger charge is 2.22. The molecule has 2 nitrogen and oxygen atoms in total. The highest BCUT2D eigenvalue weighted by Crippen LogP contribution is 2.49. The van der Waals surface area contributed by atoms with Gasteiger partial charge in [0.1, 0.15) is 0 Å². The van der Waals surface area contributed by atoms with E-state index in [0.29, 0.717) is 0 Å². The normalized spacial score (nSPS) is 12.2. The van der Waals surface area contributed by atoms with Crippen molar-refractivity contribution in [2.45, 2.75) is 0 Å². The van der Waals surface area contributed by atoms with Crippen molar-refractivity contribution in [1.82, 2.24) is 9.13 Å². The molecule has 0 N–H and O–H groups in total. The number of nitrogens with zero attached hydrogens (tertiary/aromatic N) is 2. The molecule has 286 valence electrons. The lowest BCUT2D eigenvalue weighted by Gasteiger charge is -2.12. The van der Waals surface area contributed by atoms with Crippen LogP contribution in [-0.2, 0) is 0 Å². The van der Waals surface area contributed by atoms with Crippen LogP contribution in [0, 0.1) is 0 Å². The molecule has 11 aromatic carbocycles. The smallest absolute Gasteiger partial charge is 0.0547 e. The Labute approximate surface area is 357 Å². The molecule has 1 aliphatic carbocycles. The third-order valence-electron chi connectivity index (χ3n) is 13.6. The molecule has 0 radical (unpaired) electrons. The van der Waals surface area contributed by atoms with Crippen LogP contribution < -0.4 is 0 Å². The molecule has 62 heavy (non-hydrogen) atoms. The van der Waals surface area contributed by atoms with Crippen LogP contribution >= 0.6 is 0 Å². The van der Waals surface area contributed by atoms with Crippen molar-refractivity contribution in [3.8, 4) is 55.9 Å². The SMILES string of the molecule is c1ccc(-n2c3ccc(-c4ccc5c(c4)c4cc6ccccc6cc4n5-c4ccc(-c5cc6c7c(cccc7c5)-c5ccccc5-6)cc4)cc3c3cc4ccccc4cc32)cc1. The number of hydrogen-bond donors (Lipinski definition) is 0. The third-order valence-corrected chi connectivity index (χ3v) is 13.6. The second kappa shape index (κ2) is 12.7. The van der Waals surface area contributed by atoms with Gasteiger partial charge in [0.15, 0.2) is 0 Å². The average molecular weight is 785 g/mol.